The molecule has 0 bridgehead atoms. The van der Waals surface area contributed by atoms with Gasteiger partial charge in [-0.2, -0.15) is 0 Å². The minimum Gasteiger partial charge on any atom is -0.336 e. The predicted molar refractivity (Wildman–Crippen MR) is 250 cm³/mol. The van der Waals surface area contributed by atoms with Gasteiger partial charge in [0.15, 0.2) is 10.0 Å². The standard InChI is InChI=1S/C21H21N7O3S2.C20H19N7O3S2/c22-13-6-8-28(9-7-13)20(29)19-26-16-5-4-12-11-24-21(27-17(12)18(16)32-19)25-14-2-1-3-15(10-14)33(23,30)31;21-32(29,30)14-3-1-2-13(10-14)24-20-23-11-12-4-5-15-17(16(12)26-20)31-18(25-15)19(28)27-8-6-22-7-9-27/h1-5,10-11,13H,6-9,22H2,(H2,23,30,31)(H,24,25,27);1-5,10-11,22H,6-9H2,(H2,21,29,30)(H,23,24,26). The lowest BCUT2D eigenvalue weighted by Gasteiger charge is -2.29. The molecule has 4 aromatic heterocycles. The molecule has 9 N–H and O–H groups in total. The second-order valence-electron chi connectivity index (χ2n) is 15.2. The molecule has 2 amide bonds. The minimum absolute atomic E-state index is 0.01000. The normalized spacial score (nSPS) is 15.0. The summed E-state index contributed by atoms with van der Waals surface area (Å²) in [5, 5.41) is 22.2. The number of piperazine rings is 1. The Bertz CT molecular complexity index is 3370. The van der Waals surface area contributed by atoms with Crippen LogP contribution >= 0.6 is 22.7 Å². The van der Waals surface area contributed by atoms with E-state index in [4.69, 9.17) is 16.0 Å². The Labute approximate surface area is 379 Å². The van der Waals surface area contributed by atoms with Crippen LogP contribution in [0.3, 0.4) is 0 Å². The third-order valence-corrected chi connectivity index (χ3v) is 14.6. The molecular formula is C41H40N14O6S4. The number of aromatic nitrogens is 6. The molecular weight excluding hydrogens is 913 g/mol. The molecule has 2 aliphatic rings. The molecule has 2 saturated heterocycles. The maximum atomic E-state index is 13.0. The van der Waals surface area contributed by atoms with Gasteiger partial charge in [-0.05, 0) is 73.5 Å². The van der Waals surface area contributed by atoms with Crippen molar-refractivity contribution in [3.8, 4) is 0 Å². The first-order valence-corrected chi connectivity index (χ1v) is 24.9. The van der Waals surface area contributed by atoms with E-state index in [1.165, 1.54) is 46.9 Å². The number of piperidine rings is 1. The molecule has 10 rings (SSSR count). The van der Waals surface area contributed by atoms with Crippen LogP contribution in [-0.2, 0) is 20.0 Å². The van der Waals surface area contributed by atoms with E-state index in [9.17, 15) is 26.4 Å². The summed E-state index contributed by atoms with van der Waals surface area (Å²) in [4.78, 5) is 56.3. The summed E-state index contributed by atoms with van der Waals surface area (Å²) < 4.78 is 48.0. The van der Waals surface area contributed by atoms with Gasteiger partial charge in [-0.25, -0.2) is 57.0 Å². The number of benzene rings is 4. The summed E-state index contributed by atoms with van der Waals surface area (Å²) in [6, 6.07) is 19.8. The van der Waals surface area contributed by atoms with Crippen LogP contribution < -0.4 is 32.0 Å². The first-order chi connectivity index (χ1) is 31.2. The van der Waals surface area contributed by atoms with E-state index in [0.29, 0.717) is 75.6 Å². The van der Waals surface area contributed by atoms with Crippen molar-refractivity contribution in [2.45, 2.75) is 28.7 Å². The SMILES string of the molecule is NC1CCN(C(=O)c2nc3ccc4cnc(Nc5cccc(S(N)(=O)=O)c5)nc4c3s2)CC1.NS(=O)(=O)c1cccc(Nc2ncc3ccc4nc(C(=O)N5CCNCC5)sc4c3n2)c1. The molecule has 0 atom stereocenters. The largest absolute Gasteiger partial charge is 0.336 e. The summed E-state index contributed by atoms with van der Waals surface area (Å²) in [5.74, 6) is 0.407. The third-order valence-electron chi connectivity index (χ3n) is 10.6. The number of fused-ring (bicyclic) bond motifs is 6. The van der Waals surface area contributed by atoms with Crippen LogP contribution in [0, 0.1) is 0 Å². The Morgan fingerprint density at radius 1 is 0.631 bits per heavy atom. The second kappa shape index (κ2) is 17.9. The Morgan fingerprint density at radius 2 is 1.08 bits per heavy atom. The summed E-state index contributed by atoms with van der Waals surface area (Å²) in [7, 11) is -7.65. The van der Waals surface area contributed by atoms with Gasteiger partial charge in [0.1, 0.15) is 0 Å². The summed E-state index contributed by atoms with van der Waals surface area (Å²) in [6.45, 7) is 4.12. The molecule has 6 heterocycles. The molecule has 20 nitrogen and oxygen atoms in total. The molecule has 8 aromatic rings. The highest BCUT2D eigenvalue weighted by Crippen LogP contribution is 2.33. The summed E-state index contributed by atoms with van der Waals surface area (Å²) in [6.07, 6.45) is 4.91. The first-order valence-electron chi connectivity index (χ1n) is 20.1. The number of nitrogens with zero attached hydrogens (tertiary/aromatic N) is 8. The van der Waals surface area contributed by atoms with Crippen LogP contribution in [0.1, 0.15) is 32.4 Å². The molecule has 2 fully saturated rings. The van der Waals surface area contributed by atoms with E-state index in [0.717, 1.165) is 46.1 Å². The Balaban J connectivity index is 0.000000164. The number of carbonyl (C=O) groups excluding carboxylic acids is 2. The second-order valence-corrected chi connectivity index (χ2v) is 20.3. The Kier molecular flexibility index (Phi) is 12.1. The topological polar surface area (TPSA) is 300 Å². The van der Waals surface area contributed by atoms with Crippen LogP contribution in [0.4, 0.5) is 23.3 Å². The number of hydrogen-bond acceptors (Lipinski definition) is 18. The molecule has 0 unspecified atom stereocenters. The zero-order valence-electron chi connectivity index (χ0n) is 34.2. The summed E-state index contributed by atoms with van der Waals surface area (Å²) in [5.41, 5.74) is 9.63. The highest BCUT2D eigenvalue weighted by Gasteiger charge is 2.26. The minimum atomic E-state index is -3.83. The van der Waals surface area contributed by atoms with E-state index in [2.05, 4.69) is 45.9 Å². The Hall–Kier alpha value is -6.38. The van der Waals surface area contributed by atoms with Crippen molar-refractivity contribution in [2.24, 2.45) is 16.0 Å². The van der Waals surface area contributed by atoms with Crippen molar-refractivity contribution in [2.75, 3.05) is 49.9 Å². The zero-order chi connectivity index (χ0) is 45.5. The average Bonchev–Trinajstić information content (AvgIpc) is 3.95. The monoisotopic (exact) mass is 952 g/mol. The van der Waals surface area contributed by atoms with E-state index in [1.807, 2.05) is 24.3 Å². The number of likely N-dealkylation sites (tertiary alicyclic amines) is 1. The summed E-state index contributed by atoms with van der Waals surface area (Å²) >= 11 is 2.62. The highest BCUT2D eigenvalue weighted by molar-refractivity contribution is 7.89. The van der Waals surface area contributed by atoms with E-state index >= 15 is 0 Å². The fourth-order valence-electron chi connectivity index (χ4n) is 7.26. The fourth-order valence-corrected chi connectivity index (χ4v) is 10.4. The third kappa shape index (κ3) is 9.69. The van der Waals surface area contributed by atoms with Crippen LogP contribution in [0.2, 0.25) is 0 Å². The lowest BCUT2D eigenvalue weighted by molar-refractivity contribution is 0.0712. The quantitative estimate of drug-likeness (QED) is 0.126. The van der Waals surface area contributed by atoms with Crippen molar-refractivity contribution >= 4 is 120 Å². The van der Waals surface area contributed by atoms with Crippen LogP contribution in [0.5, 0.6) is 0 Å². The highest BCUT2D eigenvalue weighted by atomic mass is 32.2. The molecule has 0 radical (unpaired) electrons. The number of rotatable bonds is 8. The molecule has 0 spiro atoms. The molecule has 0 aliphatic carbocycles. The first kappa shape index (κ1) is 43.9. The number of nitrogens with two attached hydrogens (primary N) is 3. The molecule has 65 heavy (non-hydrogen) atoms. The fraction of sp³-hybridized carbons (Fsp3) is 0.220. The van der Waals surface area contributed by atoms with Gasteiger partial charge in [0.05, 0.1) is 41.3 Å². The number of primary sulfonamides is 2. The lowest BCUT2D eigenvalue weighted by atomic mass is 10.1. The van der Waals surface area contributed by atoms with E-state index in [1.54, 1.807) is 46.5 Å². The van der Waals surface area contributed by atoms with Gasteiger partial charge in [-0.15, -0.1) is 22.7 Å². The zero-order valence-corrected chi connectivity index (χ0v) is 37.5. The van der Waals surface area contributed by atoms with Crippen molar-refractivity contribution in [3.05, 3.63) is 95.2 Å². The molecule has 4 aromatic carbocycles. The van der Waals surface area contributed by atoms with Gasteiger partial charge >= 0.3 is 0 Å². The van der Waals surface area contributed by atoms with Gasteiger partial charge in [-0.3, -0.25) is 9.59 Å². The molecule has 0 saturated carbocycles. The Morgan fingerprint density at radius 3 is 1.52 bits per heavy atom. The van der Waals surface area contributed by atoms with Gasteiger partial charge in [0, 0.05) is 79.9 Å². The number of anilines is 4. The van der Waals surface area contributed by atoms with Crippen LogP contribution in [0.25, 0.3) is 42.2 Å². The number of thiazole rings is 2. The van der Waals surface area contributed by atoms with Crippen molar-refractivity contribution in [3.63, 3.8) is 0 Å². The average molecular weight is 953 g/mol. The van der Waals surface area contributed by atoms with E-state index < -0.39 is 20.0 Å². The molecule has 334 valence electrons. The van der Waals surface area contributed by atoms with E-state index in [-0.39, 0.29) is 33.6 Å². The van der Waals surface area contributed by atoms with Gasteiger partial charge in [0.2, 0.25) is 31.9 Å². The van der Waals surface area contributed by atoms with Gasteiger partial charge in [0.25, 0.3) is 11.8 Å². The van der Waals surface area contributed by atoms with Crippen LogP contribution in [-0.4, -0.2) is 114 Å². The van der Waals surface area contributed by atoms with Crippen molar-refractivity contribution in [1.29, 1.82) is 0 Å². The van der Waals surface area contributed by atoms with Crippen molar-refractivity contribution in [1.82, 2.24) is 45.0 Å². The number of amides is 2. The number of carbonyl (C=O) groups is 2. The lowest BCUT2D eigenvalue weighted by Crippen LogP contribution is -2.46. The van der Waals surface area contributed by atoms with Crippen LogP contribution in [0.15, 0.2) is 95.0 Å². The molecule has 2 aliphatic heterocycles. The van der Waals surface area contributed by atoms with Gasteiger partial charge < -0.3 is 31.5 Å². The number of sulfonamides is 2. The van der Waals surface area contributed by atoms with Gasteiger partial charge in [-0.1, -0.05) is 12.1 Å². The maximum absolute atomic E-state index is 13.0. The predicted octanol–water partition coefficient (Wildman–Crippen LogP) is 3.87. The number of hydrogen-bond donors (Lipinski definition) is 6. The maximum Gasteiger partial charge on any atom is 0.282 e. The smallest absolute Gasteiger partial charge is 0.282 e. The molecule has 24 heteroatoms. The number of nitrogens with one attached hydrogen (secondary N) is 3. The van der Waals surface area contributed by atoms with Crippen molar-refractivity contribution < 1.29 is 26.4 Å².